The number of hydrogen-bond donors (Lipinski definition) is 1. The normalized spacial score (nSPS) is 13.9. The van der Waals surface area contributed by atoms with Crippen LogP contribution in [-0.4, -0.2) is 38.0 Å². The molecule has 0 unspecified atom stereocenters. The number of halogens is 1. The molecule has 1 aromatic carbocycles. The van der Waals surface area contributed by atoms with Crippen LogP contribution in [-0.2, 0) is 29.1 Å². The summed E-state index contributed by atoms with van der Waals surface area (Å²) in [5.74, 6) is -0.755. The molecule has 0 fully saturated rings. The predicted molar refractivity (Wildman–Crippen MR) is 125 cm³/mol. The summed E-state index contributed by atoms with van der Waals surface area (Å²) in [6.45, 7) is 5.24. The summed E-state index contributed by atoms with van der Waals surface area (Å²) in [6.07, 6.45) is 3.99. The van der Waals surface area contributed by atoms with E-state index in [0.717, 1.165) is 28.7 Å². The maximum Gasteiger partial charge on any atom is 0.309 e. The van der Waals surface area contributed by atoms with Crippen LogP contribution in [0.15, 0.2) is 42.6 Å². The minimum absolute atomic E-state index is 0.0735. The van der Waals surface area contributed by atoms with Crippen LogP contribution < -0.4 is 0 Å². The Labute approximate surface area is 192 Å². The number of amides is 1. The maximum absolute atomic E-state index is 12.9. The molecule has 0 aliphatic carbocycles. The lowest BCUT2D eigenvalue weighted by molar-refractivity contribution is -0.147. The quantitative estimate of drug-likeness (QED) is 0.551. The first-order chi connectivity index (χ1) is 15.3. The first-order valence-electron chi connectivity index (χ1n) is 11.0. The van der Waals surface area contributed by atoms with Gasteiger partial charge in [0.2, 0.25) is 5.91 Å². The fourth-order valence-corrected chi connectivity index (χ4v) is 4.62. The Morgan fingerprint density at radius 2 is 2.03 bits per heavy atom. The molecule has 0 radical (unpaired) electrons. The number of benzene rings is 1. The number of fused-ring (bicyclic) bond motifs is 3. The standard InChI is InChI=1S/C25H28ClN3O3/c1-25(2,24(31)32)11-4-9-22(30)28-13-10-19-20-8-5-12-27-23(20)29(21(19)16-28)15-17-6-3-7-18(26)14-17/h3,5-8,12,14H,4,9-11,13,15-16H2,1-2H3,(H,31,32). The molecule has 0 spiro atoms. The Bertz CT molecular complexity index is 1170. The SMILES string of the molecule is CC(C)(CCCC(=O)N1CCc2c(n(Cc3cccc(Cl)c3)c3ncccc23)C1)C(=O)O. The van der Waals surface area contributed by atoms with Crippen molar-refractivity contribution in [2.24, 2.45) is 5.41 Å². The first kappa shape index (κ1) is 22.3. The number of aliphatic carboxylic acids is 1. The molecule has 3 heterocycles. The number of pyridine rings is 1. The number of rotatable bonds is 7. The molecule has 1 aliphatic heterocycles. The number of carboxylic acid groups (broad SMARTS) is 1. The van der Waals surface area contributed by atoms with E-state index < -0.39 is 11.4 Å². The van der Waals surface area contributed by atoms with E-state index in [1.54, 1.807) is 20.0 Å². The van der Waals surface area contributed by atoms with E-state index in [4.69, 9.17) is 11.6 Å². The molecule has 4 rings (SSSR count). The van der Waals surface area contributed by atoms with Gasteiger partial charge in [-0.1, -0.05) is 23.7 Å². The Morgan fingerprint density at radius 1 is 1.22 bits per heavy atom. The molecule has 0 saturated carbocycles. The number of aromatic nitrogens is 2. The van der Waals surface area contributed by atoms with Crippen LogP contribution in [0, 0.1) is 5.41 Å². The van der Waals surface area contributed by atoms with Crippen molar-refractivity contribution in [3.8, 4) is 0 Å². The van der Waals surface area contributed by atoms with Crippen molar-refractivity contribution in [3.63, 3.8) is 0 Å². The van der Waals surface area contributed by atoms with Crippen molar-refractivity contribution in [1.82, 2.24) is 14.5 Å². The van der Waals surface area contributed by atoms with Gasteiger partial charge in [-0.05, 0) is 68.5 Å². The lowest BCUT2D eigenvalue weighted by Crippen LogP contribution is -2.36. The number of carbonyl (C=O) groups is 2. The smallest absolute Gasteiger partial charge is 0.309 e. The molecular formula is C25H28ClN3O3. The van der Waals surface area contributed by atoms with E-state index in [2.05, 4.69) is 15.6 Å². The van der Waals surface area contributed by atoms with Gasteiger partial charge < -0.3 is 14.6 Å². The van der Waals surface area contributed by atoms with Crippen LogP contribution in [0.25, 0.3) is 11.0 Å². The average Bonchev–Trinajstić information content (AvgIpc) is 3.06. The molecule has 7 heteroatoms. The van der Waals surface area contributed by atoms with Crippen molar-refractivity contribution in [1.29, 1.82) is 0 Å². The third-order valence-electron chi connectivity index (χ3n) is 6.37. The second kappa shape index (κ2) is 8.94. The highest BCUT2D eigenvalue weighted by atomic mass is 35.5. The Hall–Kier alpha value is -2.86. The molecule has 168 valence electrons. The van der Waals surface area contributed by atoms with Gasteiger partial charge in [-0.25, -0.2) is 4.98 Å². The lowest BCUT2D eigenvalue weighted by Gasteiger charge is -2.29. The highest BCUT2D eigenvalue weighted by molar-refractivity contribution is 6.30. The van der Waals surface area contributed by atoms with Crippen molar-refractivity contribution in [2.75, 3.05) is 6.54 Å². The van der Waals surface area contributed by atoms with Gasteiger partial charge in [-0.2, -0.15) is 0 Å². The zero-order valence-corrected chi connectivity index (χ0v) is 19.2. The number of carbonyl (C=O) groups excluding carboxylic acids is 1. The van der Waals surface area contributed by atoms with E-state index in [0.29, 0.717) is 43.9 Å². The van der Waals surface area contributed by atoms with Crippen molar-refractivity contribution >= 4 is 34.5 Å². The fourth-order valence-electron chi connectivity index (χ4n) is 4.41. The zero-order chi connectivity index (χ0) is 22.9. The second-order valence-corrected chi connectivity index (χ2v) is 9.56. The van der Waals surface area contributed by atoms with E-state index >= 15 is 0 Å². The number of nitrogens with zero attached hydrogens (tertiary/aromatic N) is 3. The highest BCUT2D eigenvalue weighted by Crippen LogP contribution is 2.31. The summed E-state index contributed by atoms with van der Waals surface area (Å²) in [5, 5.41) is 11.1. The topological polar surface area (TPSA) is 75.4 Å². The van der Waals surface area contributed by atoms with Gasteiger partial charge >= 0.3 is 5.97 Å². The van der Waals surface area contributed by atoms with Gasteiger partial charge in [-0.3, -0.25) is 9.59 Å². The fraction of sp³-hybridized carbons (Fsp3) is 0.400. The van der Waals surface area contributed by atoms with E-state index in [9.17, 15) is 14.7 Å². The van der Waals surface area contributed by atoms with Crippen LogP contribution in [0.4, 0.5) is 0 Å². The lowest BCUT2D eigenvalue weighted by atomic mass is 9.87. The molecule has 3 aromatic rings. The summed E-state index contributed by atoms with van der Waals surface area (Å²) in [6, 6.07) is 11.9. The molecule has 1 N–H and O–H groups in total. The van der Waals surface area contributed by atoms with Gasteiger partial charge in [0.1, 0.15) is 5.65 Å². The number of hydrogen-bond acceptors (Lipinski definition) is 3. The molecule has 0 saturated heterocycles. The molecule has 32 heavy (non-hydrogen) atoms. The summed E-state index contributed by atoms with van der Waals surface area (Å²) in [5.41, 5.74) is 3.57. The van der Waals surface area contributed by atoms with Gasteiger partial charge in [-0.15, -0.1) is 0 Å². The van der Waals surface area contributed by atoms with Gasteiger partial charge in [0, 0.05) is 41.8 Å². The van der Waals surface area contributed by atoms with E-state index in [-0.39, 0.29) is 5.91 Å². The minimum atomic E-state index is -0.828. The van der Waals surface area contributed by atoms with Gasteiger partial charge in [0.25, 0.3) is 0 Å². The second-order valence-electron chi connectivity index (χ2n) is 9.12. The Morgan fingerprint density at radius 3 is 2.78 bits per heavy atom. The molecule has 1 amide bonds. The van der Waals surface area contributed by atoms with Crippen LogP contribution in [0.2, 0.25) is 5.02 Å². The van der Waals surface area contributed by atoms with Crippen molar-refractivity contribution in [2.45, 2.75) is 52.6 Å². The summed E-state index contributed by atoms with van der Waals surface area (Å²) in [7, 11) is 0. The van der Waals surface area contributed by atoms with Crippen LogP contribution in [0.1, 0.15) is 49.9 Å². The van der Waals surface area contributed by atoms with Crippen molar-refractivity contribution in [3.05, 3.63) is 64.4 Å². The monoisotopic (exact) mass is 453 g/mol. The summed E-state index contributed by atoms with van der Waals surface area (Å²) < 4.78 is 2.20. The third-order valence-corrected chi connectivity index (χ3v) is 6.60. The van der Waals surface area contributed by atoms with Crippen LogP contribution in [0.5, 0.6) is 0 Å². The molecule has 6 nitrogen and oxygen atoms in total. The van der Waals surface area contributed by atoms with Crippen molar-refractivity contribution < 1.29 is 14.7 Å². The zero-order valence-electron chi connectivity index (χ0n) is 18.5. The number of carboxylic acids is 1. The first-order valence-corrected chi connectivity index (χ1v) is 11.3. The molecular weight excluding hydrogens is 426 g/mol. The summed E-state index contributed by atoms with van der Waals surface area (Å²) >= 11 is 6.20. The minimum Gasteiger partial charge on any atom is -0.481 e. The third kappa shape index (κ3) is 4.51. The molecule has 2 aromatic heterocycles. The van der Waals surface area contributed by atoms with E-state index in [1.165, 1.54) is 5.56 Å². The van der Waals surface area contributed by atoms with E-state index in [1.807, 2.05) is 35.2 Å². The largest absolute Gasteiger partial charge is 0.481 e. The summed E-state index contributed by atoms with van der Waals surface area (Å²) in [4.78, 5) is 30.8. The maximum atomic E-state index is 12.9. The molecule has 0 atom stereocenters. The molecule has 0 bridgehead atoms. The highest BCUT2D eigenvalue weighted by Gasteiger charge is 2.29. The Balaban J connectivity index is 1.55. The van der Waals surface area contributed by atoms with Crippen LogP contribution in [0.3, 0.4) is 0 Å². The van der Waals surface area contributed by atoms with Gasteiger partial charge in [0.05, 0.1) is 12.0 Å². The molecule has 1 aliphatic rings. The predicted octanol–water partition coefficient (Wildman–Crippen LogP) is 4.90. The Kier molecular flexibility index (Phi) is 6.24. The average molecular weight is 454 g/mol. The van der Waals surface area contributed by atoms with Crippen LogP contribution >= 0.6 is 11.6 Å². The van der Waals surface area contributed by atoms with Gasteiger partial charge in [0.15, 0.2) is 0 Å².